The molecule has 3 atom stereocenters. The van der Waals surface area contributed by atoms with E-state index in [0.29, 0.717) is 5.92 Å². The van der Waals surface area contributed by atoms with Crippen molar-refractivity contribution in [2.24, 2.45) is 23.7 Å². The molecule has 0 radical (unpaired) electrons. The van der Waals surface area contributed by atoms with E-state index >= 15 is 0 Å². The third-order valence-electron chi connectivity index (χ3n) is 3.15. The smallest absolute Gasteiger partial charge is 0.316 e. The highest BCUT2D eigenvalue weighted by Gasteiger charge is 2.44. The first kappa shape index (κ1) is 12.2. The lowest BCUT2D eigenvalue weighted by atomic mass is 9.94. The highest BCUT2D eigenvalue weighted by Crippen LogP contribution is 2.36. The topological polar surface area (TPSA) is 43.4 Å². The number of hydrogen-bond acceptors (Lipinski definition) is 3. The van der Waals surface area contributed by atoms with Gasteiger partial charge in [0.1, 0.15) is 11.7 Å². The van der Waals surface area contributed by atoms with Crippen molar-refractivity contribution < 1.29 is 14.3 Å². The van der Waals surface area contributed by atoms with Crippen molar-refractivity contribution in [2.75, 3.05) is 7.11 Å². The number of ether oxygens (including phenoxy) is 1. The Morgan fingerprint density at radius 2 is 2.13 bits per heavy atom. The Morgan fingerprint density at radius 3 is 2.60 bits per heavy atom. The third kappa shape index (κ3) is 2.58. The molecule has 1 fully saturated rings. The lowest BCUT2D eigenvalue weighted by molar-refractivity contribution is -0.150. The van der Waals surface area contributed by atoms with E-state index in [1.165, 1.54) is 7.11 Å². The number of methoxy groups -OCH3 is 1. The summed E-state index contributed by atoms with van der Waals surface area (Å²) in [5.74, 6) is -0.0964. The van der Waals surface area contributed by atoms with Crippen LogP contribution in [0.4, 0.5) is 0 Å². The highest BCUT2D eigenvalue weighted by molar-refractivity contribution is 6.02. The van der Waals surface area contributed by atoms with Crippen LogP contribution in [-0.2, 0) is 14.3 Å². The Morgan fingerprint density at radius 1 is 1.53 bits per heavy atom. The first-order valence-corrected chi connectivity index (χ1v) is 5.59. The molecule has 3 unspecified atom stereocenters. The minimum Gasteiger partial charge on any atom is -0.468 e. The lowest BCUT2D eigenvalue weighted by Crippen LogP contribution is -2.26. The molecule has 1 saturated carbocycles. The molecule has 0 spiro atoms. The van der Waals surface area contributed by atoms with E-state index < -0.39 is 5.92 Å². The van der Waals surface area contributed by atoms with Gasteiger partial charge in [0.05, 0.1) is 7.11 Å². The summed E-state index contributed by atoms with van der Waals surface area (Å²) in [6.07, 6.45) is 1.72. The summed E-state index contributed by atoms with van der Waals surface area (Å²) < 4.78 is 4.67. The summed E-state index contributed by atoms with van der Waals surface area (Å²) in [7, 11) is 1.35. The monoisotopic (exact) mass is 212 g/mol. The minimum atomic E-state index is -0.515. The van der Waals surface area contributed by atoms with Gasteiger partial charge in [0.25, 0.3) is 0 Å². The molecule has 0 N–H and O–H groups in total. The zero-order chi connectivity index (χ0) is 11.6. The van der Waals surface area contributed by atoms with Crippen LogP contribution in [0, 0.1) is 23.7 Å². The molecular weight excluding hydrogens is 192 g/mol. The van der Waals surface area contributed by atoms with E-state index in [2.05, 4.69) is 18.6 Å². The van der Waals surface area contributed by atoms with Crippen LogP contribution >= 0.6 is 0 Å². The van der Waals surface area contributed by atoms with Gasteiger partial charge in [-0.1, -0.05) is 20.8 Å². The van der Waals surface area contributed by atoms with Gasteiger partial charge in [-0.15, -0.1) is 0 Å². The van der Waals surface area contributed by atoms with Crippen LogP contribution < -0.4 is 0 Å². The van der Waals surface area contributed by atoms with E-state index in [9.17, 15) is 9.59 Å². The first-order valence-electron chi connectivity index (χ1n) is 5.59. The minimum absolute atomic E-state index is 0.0594. The molecule has 1 rings (SSSR count). The molecule has 15 heavy (non-hydrogen) atoms. The lowest BCUT2D eigenvalue weighted by Gasteiger charge is -2.11. The Balaban J connectivity index is 2.70. The average Bonchev–Trinajstić information content (AvgIpc) is 2.40. The Labute approximate surface area is 91.2 Å². The Bertz CT molecular complexity index is 258. The molecule has 86 valence electrons. The largest absolute Gasteiger partial charge is 0.468 e. The number of hydrogen-bond donors (Lipinski definition) is 0. The van der Waals surface area contributed by atoms with Crippen molar-refractivity contribution in [1.82, 2.24) is 0 Å². The summed E-state index contributed by atoms with van der Waals surface area (Å²) in [6, 6.07) is 0. The molecule has 3 nitrogen and oxygen atoms in total. The van der Waals surface area contributed by atoms with Crippen molar-refractivity contribution >= 4 is 11.8 Å². The fourth-order valence-corrected chi connectivity index (χ4v) is 2.49. The number of ketones is 1. The molecular formula is C12H20O3. The second-order valence-electron chi connectivity index (χ2n) is 4.94. The van der Waals surface area contributed by atoms with Crippen LogP contribution in [0.1, 0.15) is 33.6 Å². The molecule has 1 aliphatic rings. The summed E-state index contributed by atoms with van der Waals surface area (Å²) in [5, 5.41) is 0. The van der Waals surface area contributed by atoms with Crippen molar-refractivity contribution in [2.45, 2.75) is 33.6 Å². The number of carbonyl (C=O) groups is 2. The van der Waals surface area contributed by atoms with E-state index in [4.69, 9.17) is 0 Å². The van der Waals surface area contributed by atoms with Gasteiger partial charge in [0.2, 0.25) is 0 Å². The third-order valence-corrected chi connectivity index (χ3v) is 3.15. The molecule has 0 saturated heterocycles. The quantitative estimate of drug-likeness (QED) is 0.531. The first-order chi connectivity index (χ1) is 6.97. The van der Waals surface area contributed by atoms with Crippen LogP contribution in [0.25, 0.3) is 0 Å². The van der Waals surface area contributed by atoms with Crippen LogP contribution in [0.5, 0.6) is 0 Å². The van der Waals surface area contributed by atoms with Crippen molar-refractivity contribution in [3.05, 3.63) is 0 Å². The van der Waals surface area contributed by atoms with Crippen molar-refractivity contribution in [3.8, 4) is 0 Å². The molecule has 0 amide bonds. The van der Waals surface area contributed by atoms with Gasteiger partial charge in [0.15, 0.2) is 0 Å². The van der Waals surface area contributed by atoms with Gasteiger partial charge in [-0.2, -0.15) is 0 Å². The summed E-state index contributed by atoms with van der Waals surface area (Å²) in [4.78, 5) is 23.4. The number of carbonyl (C=O) groups excluding carboxylic acids is 2. The van der Waals surface area contributed by atoms with Crippen LogP contribution in [0.3, 0.4) is 0 Å². The van der Waals surface area contributed by atoms with Crippen LogP contribution in [0.2, 0.25) is 0 Å². The van der Waals surface area contributed by atoms with E-state index in [1.54, 1.807) is 0 Å². The van der Waals surface area contributed by atoms with Gasteiger partial charge in [-0.3, -0.25) is 9.59 Å². The van der Waals surface area contributed by atoms with Gasteiger partial charge in [-0.05, 0) is 24.7 Å². The Kier molecular flexibility index (Phi) is 3.89. The van der Waals surface area contributed by atoms with Crippen LogP contribution in [-0.4, -0.2) is 18.9 Å². The van der Waals surface area contributed by atoms with Crippen molar-refractivity contribution in [1.29, 1.82) is 0 Å². The van der Waals surface area contributed by atoms with Gasteiger partial charge >= 0.3 is 5.97 Å². The molecule has 0 aromatic heterocycles. The SMILES string of the molecule is COC(=O)C1C(=O)C(CC(C)C)CC1C. The maximum Gasteiger partial charge on any atom is 0.316 e. The molecule has 1 aliphatic carbocycles. The normalized spacial score (nSPS) is 31.0. The standard InChI is InChI=1S/C12H20O3/c1-7(2)5-9-6-8(3)10(11(9)13)12(14)15-4/h7-10H,5-6H2,1-4H3. The zero-order valence-corrected chi connectivity index (χ0v) is 9.95. The fraction of sp³-hybridized carbons (Fsp3) is 0.833. The van der Waals surface area contributed by atoms with Gasteiger partial charge in [0, 0.05) is 5.92 Å². The number of Topliss-reactive ketones (excluding diaryl/α,β-unsaturated/α-hetero) is 1. The Hall–Kier alpha value is -0.860. The highest BCUT2D eigenvalue weighted by atomic mass is 16.5. The predicted octanol–water partition coefficient (Wildman–Crippen LogP) is 2.05. The maximum absolute atomic E-state index is 12.0. The predicted molar refractivity (Wildman–Crippen MR) is 57.2 cm³/mol. The average molecular weight is 212 g/mol. The number of rotatable bonds is 3. The van der Waals surface area contributed by atoms with E-state index in [-0.39, 0.29) is 23.6 Å². The summed E-state index contributed by atoms with van der Waals surface area (Å²) in [6.45, 7) is 6.16. The maximum atomic E-state index is 12.0. The second kappa shape index (κ2) is 4.77. The molecule has 0 aromatic carbocycles. The fourth-order valence-electron chi connectivity index (χ4n) is 2.49. The van der Waals surface area contributed by atoms with Crippen LogP contribution in [0.15, 0.2) is 0 Å². The van der Waals surface area contributed by atoms with E-state index in [1.807, 2.05) is 6.92 Å². The molecule has 0 aromatic rings. The molecule has 0 aliphatic heterocycles. The summed E-state index contributed by atoms with van der Waals surface area (Å²) >= 11 is 0. The molecule has 0 bridgehead atoms. The van der Waals surface area contributed by atoms with Crippen molar-refractivity contribution in [3.63, 3.8) is 0 Å². The molecule has 0 heterocycles. The zero-order valence-electron chi connectivity index (χ0n) is 9.95. The van der Waals surface area contributed by atoms with E-state index in [0.717, 1.165) is 12.8 Å². The number of esters is 1. The second-order valence-corrected chi connectivity index (χ2v) is 4.94. The van der Waals surface area contributed by atoms with Gasteiger partial charge in [-0.25, -0.2) is 0 Å². The van der Waals surface area contributed by atoms with Gasteiger partial charge < -0.3 is 4.74 Å². The summed E-state index contributed by atoms with van der Waals surface area (Å²) in [5.41, 5.74) is 0. The molecule has 3 heteroatoms.